The summed E-state index contributed by atoms with van der Waals surface area (Å²) in [6.45, 7) is 3.53. The number of halogens is 1. The topological polar surface area (TPSA) is 77.2 Å². The number of urea groups is 1. The molecule has 0 bridgehead atoms. The van der Waals surface area contributed by atoms with Crippen LogP contribution in [0, 0.1) is 12.7 Å². The number of hydrogen-bond donors (Lipinski definition) is 4. The first-order chi connectivity index (χ1) is 11.8. The van der Waals surface area contributed by atoms with E-state index in [9.17, 15) is 14.3 Å². The molecule has 3 rings (SSSR count). The number of hydrogen-bond acceptors (Lipinski definition) is 2. The lowest BCUT2D eigenvalue weighted by Crippen LogP contribution is -2.40. The van der Waals surface area contributed by atoms with Crippen molar-refractivity contribution in [2.75, 3.05) is 11.9 Å². The number of carbonyl (C=O) groups is 1. The van der Waals surface area contributed by atoms with Crippen molar-refractivity contribution in [3.8, 4) is 0 Å². The van der Waals surface area contributed by atoms with Crippen LogP contribution in [0.15, 0.2) is 48.5 Å². The Morgan fingerprint density at radius 3 is 2.64 bits per heavy atom. The van der Waals surface area contributed by atoms with Crippen molar-refractivity contribution < 1.29 is 14.3 Å². The highest BCUT2D eigenvalue weighted by Crippen LogP contribution is 2.21. The van der Waals surface area contributed by atoms with Crippen molar-refractivity contribution in [2.45, 2.75) is 19.4 Å². The second kappa shape index (κ2) is 6.57. The molecule has 0 aliphatic rings. The minimum absolute atomic E-state index is 0.00400. The maximum absolute atomic E-state index is 13.0. The average molecular weight is 341 g/mol. The first-order valence-corrected chi connectivity index (χ1v) is 7.96. The molecule has 2 amide bonds. The minimum atomic E-state index is -1.30. The van der Waals surface area contributed by atoms with E-state index in [2.05, 4.69) is 15.6 Å². The van der Waals surface area contributed by atoms with Gasteiger partial charge in [-0.25, -0.2) is 9.18 Å². The number of aliphatic hydroxyl groups is 1. The molecule has 6 heteroatoms. The van der Waals surface area contributed by atoms with Crippen LogP contribution in [-0.2, 0) is 5.60 Å². The van der Waals surface area contributed by atoms with Crippen LogP contribution in [-0.4, -0.2) is 22.7 Å². The smallest absolute Gasteiger partial charge is 0.319 e. The van der Waals surface area contributed by atoms with Gasteiger partial charge in [-0.15, -0.1) is 0 Å². The van der Waals surface area contributed by atoms with Gasteiger partial charge in [0, 0.05) is 22.3 Å². The van der Waals surface area contributed by atoms with Crippen molar-refractivity contribution in [1.82, 2.24) is 10.3 Å². The fourth-order valence-corrected chi connectivity index (χ4v) is 2.69. The Bertz CT molecular complexity index is 901. The molecule has 0 aliphatic heterocycles. The molecule has 0 aliphatic carbocycles. The minimum Gasteiger partial charge on any atom is -0.384 e. The molecule has 0 radical (unpaired) electrons. The number of benzene rings is 2. The average Bonchev–Trinajstić information content (AvgIpc) is 2.93. The van der Waals surface area contributed by atoms with E-state index >= 15 is 0 Å². The summed E-state index contributed by atoms with van der Waals surface area (Å²) in [7, 11) is 0. The molecule has 0 saturated carbocycles. The number of rotatable bonds is 4. The third kappa shape index (κ3) is 3.97. The van der Waals surface area contributed by atoms with Gasteiger partial charge in [-0.3, -0.25) is 0 Å². The predicted octanol–water partition coefficient (Wildman–Crippen LogP) is 3.64. The molecule has 25 heavy (non-hydrogen) atoms. The van der Waals surface area contributed by atoms with E-state index in [1.54, 1.807) is 13.0 Å². The van der Waals surface area contributed by atoms with E-state index < -0.39 is 11.6 Å². The number of carbonyl (C=O) groups excluding carboxylic acids is 1. The van der Waals surface area contributed by atoms with Gasteiger partial charge in [0.2, 0.25) is 0 Å². The van der Waals surface area contributed by atoms with Gasteiger partial charge in [-0.05, 0) is 55.8 Å². The summed E-state index contributed by atoms with van der Waals surface area (Å²) in [6.07, 6.45) is 0. The van der Waals surface area contributed by atoms with E-state index in [4.69, 9.17) is 0 Å². The Balaban J connectivity index is 1.62. The highest BCUT2D eigenvalue weighted by atomic mass is 19.1. The first kappa shape index (κ1) is 17.0. The highest BCUT2D eigenvalue weighted by Gasteiger charge is 2.23. The molecule has 1 aromatic heterocycles. The van der Waals surface area contributed by atoms with Gasteiger partial charge < -0.3 is 20.7 Å². The molecule has 0 fully saturated rings. The number of amides is 2. The summed E-state index contributed by atoms with van der Waals surface area (Å²) in [5, 5.41) is 16.9. The van der Waals surface area contributed by atoms with E-state index in [1.807, 2.05) is 25.1 Å². The lowest BCUT2D eigenvalue weighted by Gasteiger charge is -2.24. The van der Waals surface area contributed by atoms with E-state index in [1.165, 1.54) is 24.3 Å². The van der Waals surface area contributed by atoms with Crippen LogP contribution in [0.1, 0.15) is 18.2 Å². The number of aryl methyl sites for hydroxylation is 1. The summed E-state index contributed by atoms with van der Waals surface area (Å²) in [6, 6.07) is 12.7. The van der Waals surface area contributed by atoms with Crippen molar-refractivity contribution in [3.63, 3.8) is 0 Å². The van der Waals surface area contributed by atoms with Crippen LogP contribution in [0.3, 0.4) is 0 Å². The number of fused-ring (bicyclic) bond motifs is 1. The van der Waals surface area contributed by atoms with Crippen LogP contribution in [0.5, 0.6) is 0 Å². The molecule has 0 spiro atoms. The zero-order chi connectivity index (χ0) is 18.0. The monoisotopic (exact) mass is 341 g/mol. The van der Waals surface area contributed by atoms with Gasteiger partial charge >= 0.3 is 6.03 Å². The molecule has 3 aromatic rings. The Labute approximate surface area is 144 Å². The van der Waals surface area contributed by atoms with Crippen molar-refractivity contribution in [3.05, 3.63) is 65.6 Å². The summed E-state index contributed by atoms with van der Waals surface area (Å²) in [4.78, 5) is 15.3. The largest absolute Gasteiger partial charge is 0.384 e. The van der Waals surface area contributed by atoms with E-state index in [-0.39, 0.29) is 12.4 Å². The highest BCUT2D eigenvalue weighted by molar-refractivity contribution is 5.93. The molecule has 1 heterocycles. The zero-order valence-corrected chi connectivity index (χ0v) is 14.1. The van der Waals surface area contributed by atoms with E-state index in [0.29, 0.717) is 11.3 Å². The molecular weight excluding hydrogens is 321 g/mol. The quantitative estimate of drug-likeness (QED) is 0.585. The molecule has 1 unspecified atom stereocenters. The van der Waals surface area contributed by atoms with Crippen LogP contribution < -0.4 is 10.6 Å². The number of aromatic amines is 1. The van der Waals surface area contributed by atoms with Crippen molar-refractivity contribution in [2.24, 2.45) is 0 Å². The Kier molecular flexibility index (Phi) is 4.46. The van der Waals surface area contributed by atoms with Crippen molar-refractivity contribution in [1.29, 1.82) is 0 Å². The maximum Gasteiger partial charge on any atom is 0.319 e. The van der Waals surface area contributed by atoms with Crippen LogP contribution in [0.4, 0.5) is 14.9 Å². The molecule has 0 saturated heterocycles. The Hall–Kier alpha value is -2.86. The third-order valence-corrected chi connectivity index (χ3v) is 4.07. The lowest BCUT2D eigenvalue weighted by molar-refractivity contribution is 0.0599. The molecule has 5 nitrogen and oxygen atoms in total. The molecule has 2 aromatic carbocycles. The SMILES string of the molecule is Cc1cc2cc(NC(=O)NCC(C)(O)c3ccc(F)cc3)ccc2[nH]1. The Morgan fingerprint density at radius 2 is 1.92 bits per heavy atom. The second-order valence-corrected chi connectivity index (χ2v) is 6.34. The molecule has 1 atom stereocenters. The van der Waals surface area contributed by atoms with Gasteiger partial charge in [0.1, 0.15) is 11.4 Å². The fraction of sp³-hybridized carbons (Fsp3) is 0.211. The predicted molar refractivity (Wildman–Crippen MR) is 96.0 cm³/mol. The summed E-state index contributed by atoms with van der Waals surface area (Å²) in [5.74, 6) is -0.374. The summed E-state index contributed by atoms with van der Waals surface area (Å²) >= 11 is 0. The summed E-state index contributed by atoms with van der Waals surface area (Å²) in [5.41, 5.74) is 1.94. The second-order valence-electron chi connectivity index (χ2n) is 6.34. The lowest BCUT2D eigenvalue weighted by atomic mass is 9.96. The normalized spacial score (nSPS) is 13.4. The number of anilines is 1. The molecule has 4 N–H and O–H groups in total. The molecule has 130 valence electrons. The number of H-pyrrole nitrogens is 1. The van der Waals surface area contributed by atoms with Gasteiger partial charge in [0.25, 0.3) is 0 Å². The van der Waals surface area contributed by atoms with Crippen LogP contribution in [0.2, 0.25) is 0 Å². The van der Waals surface area contributed by atoms with Crippen molar-refractivity contribution >= 4 is 22.6 Å². The van der Waals surface area contributed by atoms with E-state index in [0.717, 1.165) is 16.6 Å². The zero-order valence-electron chi connectivity index (χ0n) is 14.1. The third-order valence-electron chi connectivity index (χ3n) is 4.07. The van der Waals surface area contributed by atoms with Gasteiger partial charge in [-0.2, -0.15) is 0 Å². The first-order valence-electron chi connectivity index (χ1n) is 7.96. The van der Waals surface area contributed by atoms with Crippen LogP contribution in [0.25, 0.3) is 10.9 Å². The molecular formula is C19H20FN3O2. The number of aromatic nitrogens is 1. The number of nitrogens with one attached hydrogen (secondary N) is 3. The standard InChI is InChI=1S/C19H20FN3O2/c1-12-9-13-10-16(7-8-17(13)22-12)23-18(24)21-11-19(2,25)14-3-5-15(20)6-4-14/h3-10,22,25H,11H2,1-2H3,(H2,21,23,24). The van der Waals surface area contributed by atoms with Gasteiger partial charge in [-0.1, -0.05) is 12.1 Å². The van der Waals surface area contributed by atoms with Crippen LogP contribution >= 0.6 is 0 Å². The van der Waals surface area contributed by atoms with Gasteiger partial charge in [0.05, 0.1) is 6.54 Å². The Morgan fingerprint density at radius 1 is 1.20 bits per heavy atom. The summed E-state index contributed by atoms with van der Waals surface area (Å²) < 4.78 is 13.0. The van der Waals surface area contributed by atoms with Gasteiger partial charge in [0.15, 0.2) is 0 Å². The maximum atomic E-state index is 13.0. The fourth-order valence-electron chi connectivity index (χ4n) is 2.69.